The molecule has 0 aliphatic heterocycles. The highest BCUT2D eigenvalue weighted by atomic mass is 32.2. The van der Waals surface area contributed by atoms with Crippen molar-refractivity contribution in [2.24, 2.45) is 11.8 Å². The second-order valence-corrected chi connectivity index (χ2v) is 7.33. The first kappa shape index (κ1) is 16.3. The molecule has 0 spiro atoms. The van der Waals surface area contributed by atoms with Crippen molar-refractivity contribution in [3.8, 4) is 0 Å². The Morgan fingerprint density at radius 3 is 2.71 bits per heavy atom. The van der Waals surface area contributed by atoms with Crippen LogP contribution in [0.15, 0.2) is 5.16 Å². The quantitative estimate of drug-likeness (QED) is 0.842. The molecule has 21 heavy (non-hydrogen) atoms. The third-order valence-electron chi connectivity index (χ3n) is 4.53. The summed E-state index contributed by atoms with van der Waals surface area (Å²) in [6.07, 6.45) is 3.62. The minimum absolute atomic E-state index is 0.0346. The van der Waals surface area contributed by atoms with Gasteiger partial charge in [-0.1, -0.05) is 52.3 Å². The van der Waals surface area contributed by atoms with Crippen molar-refractivity contribution in [1.29, 1.82) is 0 Å². The van der Waals surface area contributed by atoms with Crippen molar-refractivity contribution < 1.29 is 9.90 Å². The maximum Gasteiger partial charge on any atom is 0.313 e. The van der Waals surface area contributed by atoms with E-state index in [0.29, 0.717) is 23.8 Å². The van der Waals surface area contributed by atoms with Crippen LogP contribution in [0, 0.1) is 11.8 Å². The lowest BCUT2D eigenvalue weighted by Crippen LogP contribution is -2.29. The number of thioether (sulfide) groups is 1. The highest BCUT2D eigenvalue weighted by molar-refractivity contribution is 7.99. The number of nitrogens with zero attached hydrogens (tertiary/aromatic N) is 3. The van der Waals surface area contributed by atoms with Crippen molar-refractivity contribution in [3.63, 3.8) is 0 Å². The van der Waals surface area contributed by atoms with E-state index in [4.69, 9.17) is 5.11 Å². The Morgan fingerprint density at radius 1 is 1.38 bits per heavy atom. The number of carboxylic acid groups (broad SMARTS) is 1. The van der Waals surface area contributed by atoms with Gasteiger partial charge in [-0.05, 0) is 18.3 Å². The first-order chi connectivity index (χ1) is 9.91. The summed E-state index contributed by atoms with van der Waals surface area (Å²) in [5, 5.41) is 18.2. The van der Waals surface area contributed by atoms with Gasteiger partial charge in [0.2, 0.25) is 0 Å². The van der Waals surface area contributed by atoms with E-state index in [9.17, 15) is 4.79 Å². The third kappa shape index (κ3) is 3.59. The molecule has 0 amide bonds. The fraction of sp³-hybridized carbons (Fsp3) is 0.800. The Bertz CT molecular complexity index is 501. The summed E-state index contributed by atoms with van der Waals surface area (Å²) in [4.78, 5) is 10.8. The van der Waals surface area contributed by atoms with Crippen LogP contribution in [0.4, 0.5) is 0 Å². The smallest absolute Gasteiger partial charge is 0.313 e. The van der Waals surface area contributed by atoms with E-state index in [1.54, 1.807) is 0 Å². The molecular weight excluding hydrogens is 286 g/mol. The SMILES string of the molecule is CC(C)c1nnc(SCC(=O)O)n1C1CCCC(C)C1C. The van der Waals surface area contributed by atoms with Gasteiger partial charge in [-0.15, -0.1) is 10.2 Å². The van der Waals surface area contributed by atoms with E-state index in [-0.39, 0.29) is 5.75 Å². The highest BCUT2D eigenvalue weighted by Gasteiger charge is 2.32. The molecule has 118 valence electrons. The van der Waals surface area contributed by atoms with Gasteiger partial charge in [0, 0.05) is 12.0 Å². The molecule has 0 radical (unpaired) electrons. The van der Waals surface area contributed by atoms with Gasteiger partial charge in [-0.3, -0.25) is 4.79 Å². The maximum atomic E-state index is 10.8. The molecule has 1 aliphatic carbocycles. The number of hydrogen-bond donors (Lipinski definition) is 1. The highest BCUT2D eigenvalue weighted by Crippen LogP contribution is 2.40. The number of aromatic nitrogens is 3. The minimum Gasteiger partial charge on any atom is -0.481 e. The Balaban J connectivity index is 2.33. The Labute approximate surface area is 130 Å². The number of hydrogen-bond acceptors (Lipinski definition) is 4. The third-order valence-corrected chi connectivity index (χ3v) is 5.46. The second-order valence-electron chi connectivity index (χ2n) is 6.38. The van der Waals surface area contributed by atoms with Gasteiger partial charge in [0.25, 0.3) is 0 Å². The molecule has 1 aliphatic rings. The first-order valence-electron chi connectivity index (χ1n) is 7.71. The van der Waals surface area contributed by atoms with Crippen LogP contribution in [-0.4, -0.2) is 31.6 Å². The molecular formula is C15H25N3O2S. The topological polar surface area (TPSA) is 68.0 Å². The molecule has 1 N–H and O–H groups in total. The molecule has 1 aromatic rings. The molecule has 5 nitrogen and oxygen atoms in total. The molecule has 0 aromatic carbocycles. The van der Waals surface area contributed by atoms with Gasteiger partial charge in [-0.2, -0.15) is 0 Å². The molecule has 0 saturated heterocycles. The van der Waals surface area contributed by atoms with E-state index in [2.05, 4.69) is 42.5 Å². The summed E-state index contributed by atoms with van der Waals surface area (Å²) in [5.41, 5.74) is 0. The lowest BCUT2D eigenvalue weighted by molar-refractivity contribution is -0.133. The molecule has 1 saturated carbocycles. The first-order valence-corrected chi connectivity index (χ1v) is 8.69. The van der Waals surface area contributed by atoms with Crippen LogP contribution in [0.2, 0.25) is 0 Å². The Morgan fingerprint density at radius 2 is 2.10 bits per heavy atom. The zero-order chi connectivity index (χ0) is 15.6. The molecule has 3 unspecified atom stereocenters. The van der Waals surface area contributed by atoms with Gasteiger partial charge in [0.15, 0.2) is 5.16 Å². The summed E-state index contributed by atoms with van der Waals surface area (Å²) < 4.78 is 2.22. The maximum absolute atomic E-state index is 10.8. The van der Waals surface area contributed by atoms with E-state index < -0.39 is 5.97 Å². The Hall–Kier alpha value is -1.04. The standard InChI is InChI=1S/C15H25N3O2S/c1-9(2)14-16-17-15(21-8-13(19)20)18(14)12-7-5-6-10(3)11(12)4/h9-12H,5-8H2,1-4H3,(H,19,20). The van der Waals surface area contributed by atoms with Crippen molar-refractivity contribution in [2.45, 2.75) is 64.1 Å². The van der Waals surface area contributed by atoms with Crippen molar-refractivity contribution >= 4 is 17.7 Å². The molecule has 0 bridgehead atoms. The van der Waals surface area contributed by atoms with Crippen LogP contribution in [0.25, 0.3) is 0 Å². The average Bonchev–Trinajstić information content (AvgIpc) is 2.83. The second kappa shape index (κ2) is 6.81. The average molecular weight is 311 g/mol. The van der Waals surface area contributed by atoms with Crippen molar-refractivity contribution in [2.75, 3.05) is 5.75 Å². The van der Waals surface area contributed by atoms with Crippen LogP contribution in [0.3, 0.4) is 0 Å². The number of carbonyl (C=O) groups is 1. The van der Waals surface area contributed by atoms with Crippen LogP contribution in [0.1, 0.15) is 64.7 Å². The van der Waals surface area contributed by atoms with Crippen molar-refractivity contribution in [3.05, 3.63) is 5.82 Å². The predicted octanol–water partition coefficient (Wildman–Crippen LogP) is 3.58. The van der Waals surface area contributed by atoms with Gasteiger partial charge in [-0.25, -0.2) is 0 Å². The monoisotopic (exact) mass is 311 g/mol. The van der Waals surface area contributed by atoms with Gasteiger partial charge in [0.1, 0.15) is 5.82 Å². The summed E-state index contributed by atoms with van der Waals surface area (Å²) >= 11 is 1.28. The minimum atomic E-state index is -0.814. The number of aliphatic carboxylic acids is 1. The van der Waals surface area contributed by atoms with E-state index in [1.807, 2.05) is 0 Å². The largest absolute Gasteiger partial charge is 0.481 e. The van der Waals surface area contributed by atoms with E-state index >= 15 is 0 Å². The zero-order valence-electron chi connectivity index (χ0n) is 13.2. The summed E-state index contributed by atoms with van der Waals surface area (Å²) in [6, 6.07) is 0.387. The molecule has 1 fully saturated rings. The van der Waals surface area contributed by atoms with Crippen LogP contribution >= 0.6 is 11.8 Å². The molecule has 6 heteroatoms. The van der Waals surface area contributed by atoms with Crippen molar-refractivity contribution in [1.82, 2.24) is 14.8 Å². The normalized spacial score (nSPS) is 26.2. The number of rotatable bonds is 5. The summed E-state index contributed by atoms with van der Waals surface area (Å²) in [6.45, 7) is 8.83. The zero-order valence-corrected chi connectivity index (χ0v) is 14.1. The van der Waals surface area contributed by atoms with E-state index in [1.165, 1.54) is 24.6 Å². The van der Waals surface area contributed by atoms with Gasteiger partial charge >= 0.3 is 5.97 Å². The molecule has 2 rings (SSSR count). The van der Waals surface area contributed by atoms with Gasteiger partial charge in [0.05, 0.1) is 5.75 Å². The Kier molecular flexibility index (Phi) is 5.30. The fourth-order valence-electron chi connectivity index (χ4n) is 3.14. The van der Waals surface area contributed by atoms with Crippen LogP contribution in [-0.2, 0) is 4.79 Å². The van der Waals surface area contributed by atoms with E-state index in [0.717, 1.165) is 17.4 Å². The lowest BCUT2D eigenvalue weighted by atomic mass is 9.78. The van der Waals surface area contributed by atoms with Crippen LogP contribution < -0.4 is 0 Å². The summed E-state index contributed by atoms with van der Waals surface area (Å²) in [5.74, 6) is 1.74. The predicted molar refractivity (Wildman–Crippen MR) is 83.7 cm³/mol. The molecule has 1 aromatic heterocycles. The fourth-order valence-corrected chi connectivity index (χ4v) is 3.86. The van der Waals surface area contributed by atoms with Gasteiger partial charge < -0.3 is 9.67 Å². The molecule has 3 atom stereocenters. The van der Waals surface area contributed by atoms with Crippen LogP contribution in [0.5, 0.6) is 0 Å². The molecule has 1 heterocycles. The lowest BCUT2D eigenvalue weighted by Gasteiger charge is -2.36. The summed E-state index contributed by atoms with van der Waals surface area (Å²) in [7, 11) is 0. The number of carboxylic acids is 1.